The minimum absolute atomic E-state index is 0.324. The number of carboxylic acids is 1. The van der Waals surface area contributed by atoms with Gasteiger partial charge in [-0.05, 0) is 31.6 Å². The summed E-state index contributed by atoms with van der Waals surface area (Å²) in [4.78, 5) is 15.2. The second-order valence-corrected chi connectivity index (χ2v) is 5.06. The fraction of sp³-hybridized carbons (Fsp3) is 0.667. The molecule has 17 heavy (non-hydrogen) atoms. The zero-order chi connectivity index (χ0) is 11.8. The molecule has 0 aromatic carbocycles. The van der Waals surface area contributed by atoms with E-state index in [9.17, 15) is 4.79 Å². The van der Waals surface area contributed by atoms with Crippen LogP contribution in [0, 0.1) is 5.92 Å². The number of carboxylic acid groups (broad SMARTS) is 1. The molecule has 5 heteroatoms. The fourth-order valence-electron chi connectivity index (χ4n) is 2.25. The largest absolute Gasteiger partial charge is 0.480 e. The molecule has 2 aliphatic rings. The van der Waals surface area contributed by atoms with Gasteiger partial charge in [0.05, 0.1) is 12.0 Å². The first-order valence-corrected chi connectivity index (χ1v) is 6.22. The third kappa shape index (κ3) is 2.34. The number of hydrogen-bond donors (Lipinski definition) is 2. The normalized spacial score (nSPS) is 21.4. The van der Waals surface area contributed by atoms with Crippen LogP contribution in [-0.4, -0.2) is 26.7 Å². The lowest BCUT2D eigenvalue weighted by Crippen LogP contribution is -2.38. The maximum Gasteiger partial charge on any atom is 0.320 e. The van der Waals surface area contributed by atoms with E-state index in [1.54, 1.807) is 0 Å². The molecule has 0 bridgehead atoms. The van der Waals surface area contributed by atoms with Gasteiger partial charge >= 0.3 is 5.97 Å². The SMILES string of the molecule is O=C(O)C(NCc1cncn1C1CC1)C1CC1. The van der Waals surface area contributed by atoms with E-state index in [2.05, 4.69) is 14.9 Å². The maximum absolute atomic E-state index is 11.1. The topological polar surface area (TPSA) is 67.2 Å². The molecule has 2 N–H and O–H groups in total. The van der Waals surface area contributed by atoms with Gasteiger partial charge in [0, 0.05) is 18.8 Å². The van der Waals surface area contributed by atoms with Crippen LogP contribution in [0.4, 0.5) is 0 Å². The molecule has 1 unspecified atom stereocenters. The molecule has 1 heterocycles. The van der Waals surface area contributed by atoms with Crippen molar-refractivity contribution in [2.24, 2.45) is 5.92 Å². The molecule has 0 saturated heterocycles. The monoisotopic (exact) mass is 235 g/mol. The van der Waals surface area contributed by atoms with Crippen molar-refractivity contribution in [3.05, 3.63) is 18.2 Å². The third-order valence-electron chi connectivity index (χ3n) is 3.55. The maximum atomic E-state index is 11.1. The highest BCUT2D eigenvalue weighted by Crippen LogP contribution is 2.36. The van der Waals surface area contributed by atoms with Gasteiger partial charge in [-0.3, -0.25) is 10.1 Å². The molecule has 1 aromatic rings. The Bertz CT molecular complexity index is 421. The summed E-state index contributed by atoms with van der Waals surface area (Å²) in [5.41, 5.74) is 1.10. The second kappa shape index (κ2) is 4.14. The predicted octanol–water partition coefficient (Wildman–Crippen LogP) is 1.17. The molecule has 1 aromatic heterocycles. The van der Waals surface area contributed by atoms with E-state index >= 15 is 0 Å². The van der Waals surface area contributed by atoms with Crippen molar-refractivity contribution in [1.29, 1.82) is 0 Å². The summed E-state index contributed by atoms with van der Waals surface area (Å²) in [6, 6.07) is 0.205. The van der Waals surface area contributed by atoms with Crippen molar-refractivity contribution in [2.75, 3.05) is 0 Å². The number of nitrogens with zero attached hydrogens (tertiary/aromatic N) is 2. The Labute approximate surface area is 99.8 Å². The smallest absolute Gasteiger partial charge is 0.320 e. The van der Waals surface area contributed by atoms with Crippen molar-refractivity contribution < 1.29 is 9.90 Å². The Morgan fingerprint density at radius 2 is 2.29 bits per heavy atom. The molecule has 2 aliphatic carbocycles. The number of nitrogens with one attached hydrogen (secondary N) is 1. The summed E-state index contributed by atoms with van der Waals surface area (Å²) < 4.78 is 2.17. The van der Waals surface area contributed by atoms with Gasteiger partial charge < -0.3 is 9.67 Å². The van der Waals surface area contributed by atoms with Gasteiger partial charge in [-0.2, -0.15) is 0 Å². The Balaban J connectivity index is 1.62. The molecule has 0 radical (unpaired) electrons. The number of aliphatic carboxylic acids is 1. The minimum atomic E-state index is -0.731. The average molecular weight is 235 g/mol. The number of aromatic nitrogens is 2. The van der Waals surface area contributed by atoms with Crippen LogP contribution in [0.15, 0.2) is 12.5 Å². The van der Waals surface area contributed by atoms with Crippen LogP contribution in [0.2, 0.25) is 0 Å². The molecule has 0 aliphatic heterocycles. The molecular formula is C12H17N3O2. The van der Waals surface area contributed by atoms with Crippen molar-refractivity contribution in [1.82, 2.24) is 14.9 Å². The standard InChI is InChI=1S/C12H17N3O2/c16-12(17)11(8-1-2-8)14-6-10-5-13-7-15(10)9-3-4-9/h5,7-9,11,14H,1-4,6H2,(H,16,17). The predicted molar refractivity (Wildman–Crippen MR) is 61.5 cm³/mol. The van der Waals surface area contributed by atoms with Crippen LogP contribution in [-0.2, 0) is 11.3 Å². The Morgan fingerprint density at radius 3 is 2.88 bits per heavy atom. The third-order valence-corrected chi connectivity index (χ3v) is 3.55. The van der Waals surface area contributed by atoms with Gasteiger partial charge in [-0.25, -0.2) is 4.98 Å². The molecule has 92 valence electrons. The molecule has 2 fully saturated rings. The summed E-state index contributed by atoms with van der Waals surface area (Å²) in [7, 11) is 0. The molecule has 0 spiro atoms. The van der Waals surface area contributed by atoms with E-state index in [0.29, 0.717) is 18.5 Å². The first-order valence-electron chi connectivity index (χ1n) is 6.22. The molecule has 1 atom stereocenters. The highest BCUT2D eigenvalue weighted by atomic mass is 16.4. The lowest BCUT2D eigenvalue weighted by molar-refractivity contribution is -0.140. The lowest BCUT2D eigenvalue weighted by atomic mass is 10.2. The number of rotatable bonds is 6. The van der Waals surface area contributed by atoms with Crippen LogP contribution in [0.25, 0.3) is 0 Å². The Morgan fingerprint density at radius 1 is 1.53 bits per heavy atom. The molecule has 0 amide bonds. The van der Waals surface area contributed by atoms with Crippen LogP contribution < -0.4 is 5.32 Å². The minimum Gasteiger partial charge on any atom is -0.480 e. The van der Waals surface area contributed by atoms with Gasteiger partial charge in [0.15, 0.2) is 0 Å². The zero-order valence-electron chi connectivity index (χ0n) is 9.67. The fourth-order valence-corrected chi connectivity index (χ4v) is 2.25. The summed E-state index contributed by atoms with van der Waals surface area (Å²) in [6.07, 6.45) is 8.18. The van der Waals surface area contributed by atoms with Gasteiger partial charge in [0.25, 0.3) is 0 Å². The van der Waals surface area contributed by atoms with Crippen molar-refractivity contribution in [3.8, 4) is 0 Å². The molecule has 5 nitrogen and oxygen atoms in total. The van der Waals surface area contributed by atoms with E-state index in [1.165, 1.54) is 12.8 Å². The van der Waals surface area contributed by atoms with E-state index < -0.39 is 12.0 Å². The quantitative estimate of drug-likeness (QED) is 0.776. The first kappa shape index (κ1) is 10.8. The van der Waals surface area contributed by atoms with Crippen LogP contribution >= 0.6 is 0 Å². The zero-order valence-corrected chi connectivity index (χ0v) is 9.67. The van der Waals surface area contributed by atoms with E-state index in [4.69, 9.17) is 5.11 Å². The van der Waals surface area contributed by atoms with Crippen LogP contribution in [0.1, 0.15) is 37.4 Å². The van der Waals surface area contributed by atoms with Gasteiger partial charge in [0.1, 0.15) is 6.04 Å². The highest BCUT2D eigenvalue weighted by Gasteiger charge is 2.36. The van der Waals surface area contributed by atoms with Crippen LogP contribution in [0.5, 0.6) is 0 Å². The Kier molecular flexibility index (Phi) is 2.63. The lowest BCUT2D eigenvalue weighted by Gasteiger charge is -2.14. The van der Waals surface area contributed by atoms with Gasteiger partial charge in [-0.1, -0.05) is 0 Å². The summed E-state index contributed by atoms with van der Waals surface area (Å²) in [6.45, 7) is 0.601. The average Bonchev–Trinajstić information content (AvgIpc) is 3.19. The second-order valence-electron chi connectivity index (χ2n) is 5.06. The highest BCUT2D eigenvalue weighted by molar-refractivity contribution is 5.74. The van der Waals surface area contributed by atoms with E-state index in [-0.39, 0.29) is 0 Å². The van der Waals surface area contributed by atoms with Crippen molar-refractivity contribution >= 4 is 5.97 Å². The molecule has 2 saturated carbocycles. The van der Waals surface area contributed by atoms with Crippen molar-refractivity contribution in [2.45, 2.75) is 44.3 Å². The van der Waals surface area contributed by atoms with Crippen LogP contribution in [0.3, 0.4) is 0 Å². The summed E-state index contributed by atoms with van der Waals surface area (Å²) in [5.74, 6) is -0.408. The van der Waals surface area contributed by atoms with E-state index in [0.717, 1.165) is 18.5 Å². The summed E-state index contributed by atoms with van der Waals surface area (Å²) >= 11 is 0. The van der Waals surface area contributed by atoms with Crippen molar-refractivity contribution in [3.63, 3.8) is 0 Å². The molecule has 3 rings (SSSR count). The number of hydrogen-bond acceptors (Lipinski definition) is 3. The Hall–Kier alpha value is -1.36. The number of imidazole rings is 1. The van der Waals surface area contributed by atoms with Gasteiger partial charge in [-0.15, -0.1) is 0 Å². The van der Waals surface area contributed by atoms with E-state index in [1.807, 2.05) is 12.5 Å². The first-order chi connectivity index (χ1) is 8.25. The number of carbonyl (C=O) groups is 1. The van der Waals surface area contributed by atoms with Gasteiger partial charge in [0.2, 0.25) is 0 Å². The molecular weight excluding hydrogens is 218 g/mol. The summed E-state index contributed by atoms with van der Waals surface area (Å²) in [5, 5.41) is 12.3.